The molecule has 0 spiro atoms. The number of nitrogens with one attached hydrogen (secondary N) is 3. The van der Waals surface area contributed by atoms with Gasteiger partial charge in [-0.05, 0) is 12.1 Å². The SMILES string of the molecule is Nc1nc(C(NC(=O)c2cc(=O)c(O)cn2O)C(=O)N[C@@]2(C=S)C(=O)N3C(C(=O)O)=C(c4nc5ccccc5[nH]4)CS[C@@H]32)cs1. The molecule has 0 saturated carbocycles. The zero-order chi connectivity index (χ0) is 32.2. The Morgan fingerprint density at radius 1 is 1.24 bits per heavy atom. The minimum absolute atomic E-state index is 0.0355. The number of para-hydroxylation sites is 2. The van der Waals surface area contributed by atoms with Gasteiger partial charge in [0.1, 0.15) is 22.6 Å². The Bertz CT molecular complexity index is 2000. The van der Waals surface area contributed by atoms with E-state index in [2.05, 4.69) is 25.6 Å². The van der Waals surface area contributed by atoms with Gasteiger partial charge in [0.05, 0.1) is 22.9 Å². The number of thiazole rings is 1. The first-order valence-electron chi connectivity index (χ1n) is 12.8. The number of hydrogen-bond donors (Lipinski definition) is 7. The number of aliphatic carboxylic acids is 1. The molecule has 3 amide bonds. The first-order chi connectivity index (χ1) is 21.4. The Hall–Kier alpha value is -5.27. The number of H-pyrrole nitrogens is 1. The van der Waals surface area contributed by atoms with Crippen LogP contribution in [0.3, 0.4) is 0 Å². The van der Waals surface area contributed by atoms with Crippen molar-refractivity contribution in [1.29, 1.82) is 0 Å². The van der Waals surface area contributed by atoms with Crippen LogP contribution < -0.4 is 21.8 Å². The highest BCUT2D eigenvalue weighted by Crippen LogP contribution is 2.47. The fourth-order valence-electron chi connectivity index (χ4n) is 4.98. The van der Waals surface area contributed by atoms with E-state index in [1.165, 1.54) is 5.38 Å². The van der Waals surface area contributed by atoms with Crippen LogP contribution in [0.5, 0.6) is 5.75 Å². The van der Waals surface area contributed by atoms with E-state index in [0.717, 1.165) is 33.4 Å². The lowest BCUT2D eigenvalue weighted by Gasteiger charge is -2.55. The number of carboxylic acids is 1. The summed E-state index contributed by atoms with van der Waals surface area (Å²) < 4.78 is 0.195. The van der Waals surface area contributed by atoms with Gasteiger partial charge in [-0.2, -0.15) is 4.73 Å². The molecule has 45 heavy (non-hydrogen) atoms. The Morgan fingerprint density at radius 2 is 2.00 bits per heavy atom. The number of rotatable bonds is 8. The number of aromatic amines is 1. The van der Waals surface area contributed by atoms with Crippen molar-refractivity contribution in [1.82, 2.24) is 35.2 Å². The summed E-state index contributed by atoms with van der Waals surface area (Å²) in [5.74, 6) is -4.77. The number of benzene rings is 1. The summed E-state index contributed by atoms with van der Waals surface area (Å²) in [5.41, 5.74) is 3.48. The molecule has 16 nitrogen and oxygen atoms in total. The molecule has 1 aromatic carbocycles. The van der Waals surface area contributed by atoms with Gasteiger partial charge in [-0.1, -0.05) is 24.4 Å². The predicted molar refractivity (Wildman–Crippen MR) is 165 cm³/mol. The first-order valence-corrected chi connectivity index (χ1v) is 15.2. The van der Waals surface area contributed by atoms with Gasteiger partial charge in [-0.15, -0.1) is 23.1 Å². The maximum absolute atomic E-state index is 13.8. The molecule has 3 aromatic heterocycles. The van der Waals surface area contributed by atoms with Crippen LogP contribution in [0.4, 0.5) is 5.13 Å². The molecule has 0 bridgehead atoms. The number of amides is 3. The van der Waals surface area contributed by atoms with Gasteiger partial charge in [-0.25, -0.2) is 14.8 Å². The van der Waals surface area contributed by atoms with Gasteiger partial charge >= 0.3 is 5.97 Å². The van der Waals surface area contributed by atoms with Gasteiger partial charge in [0, 0.05) is 28.1 Å². The van der Waals surface area contributed by atoms with Crippen LogP contribution in [0.1, 0.15) is 28.0 Å². The normalized spacial score (nSPS) is 19.9. The van der Waals surface area contributed by atoms with Crippen LogP contribution >= 0.6 is 35.3 Å². The van der Waals surface area contributed by atoms with E-state index in [1.54, 1.807) is 24.3 Å². The predicted octanol–water partition coefficient (Wildman–Crippen LogP) is 0.443. The molecule has 1 unspecified atom stereocenters. The molecule has 0 radical (unpaired) electrons. The van der Waals surface area contributed by atoms with Gasteiger partial charge in [-0.3, -0.25) is 24.1 Å². The summed E-state index contributed by atoms with van der Waals surface area (Å²) in [6.45, 7) is 0. The van der Waals surface area contributed by atoms with Crippen molar-refractivity contribution >= 4 is 86.1 Å². The third-order valence-electron chi connectivity index (χ3n) is 7.12. The van der Waals surface area contributed by atoms with Crippen molar-refractivity contribution in [3.8, 4) is 5.75 Å². The quantitative estimate of drug-likeness (QED) is 0.0766. The lowest BCUT2D eigenvalue weighted by molar-refractivity contribution is -0.154. The molecule has 1 fully saturated rings. The highest BCUT2D eigenvalue weighted by molar-refractivity contribution is 8.00. The number of aromatic nitrogens is 4. The number of carbonyl (C=O) groups is 4. The van der Waals surface area contributed by atoms with Crippen LogP contribution in [0.15, 0.2) is 52.4 Å². The summed E-state index contributed by atoms with van der Waals surface area (Å²) in [6.07, 6.45) is 0.601. The third-order valence-corrected chi connectivity index (χ3v) is 9.54. The number of carbonyl (C=O) groups excluding carboxylic acids is 3. The Balaban J connectivity index is 1.31. The Kier molecular flexibility index (Phi) is 7.29. The Morgan fingerprint density at radius 3 is 2.67 bits per heavy atom. The monoisotopic (exact) mass is 668 g/mol. The number of nitrogens with zero attached hydrogens (tertiary/aromatic N) is 4. The maximum atomic E-state index is 13.8. The van der Waals surface area contributed by atoms with Crippen LogP contribution in [0.2, 0.25) is 0 Å². The van der Waals surface area contributed by atoms with Crippen LogP contribution in [-0.4, -0.2) is 85.7 Å². The minimum Gasteiger partial charge on any atom is -0.503 e. The second-order valence-electron chi connectivity index (χ2n) is 9.82. The second kappa shape index (κ2) is 11.0. The maximum Gasteiger partial charge on any atom is 0.353 e. The first kappa shape index (κ1) is 29.8. The Labute approximate surface area is 264 Å². The van der Waals surface area contributed by atoms with Crippen LogP contribution in [0.25, 0.3) is 16.6 Å². The van der Waals surface area contributed by atoms with E-state index in [9.17, 15) is 39.4 Å². The van der Waals surface area contributed by atoms with Crippen molar-refractivity contribution < 1.29 is 34.6 Å². The standard InChI is InChI=1S/C26H20N8O8S3/c27-25-30-13(8-45-25)17(31-20(37)14-5-15(35)16(36)6-33(14)42)21(38)32-26(9-43)23(41)34-18(22(39)40)10(7-44-24(26)34)19-28-11-3-1-2-4-12(11)29-19/h1-6,8-9,17,24,36,42H,7H2,(H2,27,30)(H,28,29)(H,31,37)(H,32,38)(H,39,40)/t17?,24-,26+/m1/s1. The zero-order valence-corrected chi connectivity index (χ0v) is 24.9. The van der Waals surface area contributed by atoms with Crippen LogP contribution in [-0.2, 0) is 14.4 Å². The molecule has 230 valence electrons. The number of pyridine rings is 1. The van der Waals surface area contributed by atoms with Crippen molar-refractivity contribution in [2.45, 2.75) is 17.0 Å². The van der Waals surface area contributed by atoms with Crippen molar-refractivity contribution in [2.75, 3.05) is 11.5 Å². The number of imidazole rings is 1. The lowest BCUT2D eigenvalue weighted by atomic mass is 9.87. The number of carboxylic acid groups (broad SMARTS) is 1. The van der Waals surface area contributed by atoms with E-state index in [0.29, 0.717) is 23.3 Å². The number of thiocarbonyl (C=S) groups is 1. The highest BCUT2D eigenvalue weighted by atomic mass is 32.2. The van der Waals surface area contributed by atoms with Gasteiger partial charge in [0.2, 0.25) is 11.3 Å². The van der Waals surface area contributed by atoms with Gasteiger partial charge in [0.25, 0.3) is 11.8 Å². The average molecular weight is 669 g/mol. The number of hydrogen-bond acceptors (Lipinski definition) is 13. The van der Waals surface area contributed by atoms with E-state index >= 15 is 0 Å². The van der Waals surface area contributed by atoms with Gasteiger partial charge < -0.3 is 36.8 Å². The smallest absolute Gasteiger partial charge is 0.353 e. The number of anilines is 1. The van der Waals surface area contributed by atoms with Crippen LogP contribution in [0, 0.1) is 0 Å². The summed E-state index contributed by atoms with van der Waals surface area (Å²) in [5, 5.41) is 36.1. The van der Waals surface area contributed by atoms with E-state index in [1.807, 2.05) is 0 Å². The topological polar surface area (TPSA) is 246 Å². The van der Waals surface area contributed by atoms with E-state index in [4.69, 9.17) is 18.0 Å². The molecular weight excluding hydrogens is 649 g/mol. The summed E-state index contributed by atoms with van der Waals surface area (Å²) in [7, 11) is 0. The molecule has 2 aliphatic rings. The molecule has 5 heterocycles. The summed E-state index contributed by atoms with van der Waals surface area (Å²) in [4.78, 5) is 77.5. The average Bonchev–Trinajstić information content (AvgIpc) is 3.65. The molecule has 8 N–H and O–H groups in total. The summed E-state index contributed by atoms with van der Waals surface area (Å²) in [6, 6.07) is 6.14. The number of aromatic hydroxyl groups is 1. The third kappa shape index (κ3) is 4.86. The molecule has 1 saturated heterocycles. The largest absolute Gasteiger partial charge is 0.503 e. The number of β-lactam (4-membered cyclic amide) rings is 1. The molecular formula is C26H20N8O8S3. The number of thioether (sulfide) groups is 1. The fraction of sp³-hybridized carbons (Fsp3) is 0.154. The van der Waals surface area contributed by atoms with E-state index < -0.39 is 57.5 Å². The molecule has 2 aliphatic heterocycles. The molecule has 0 aliphatic carbocycles. The van der Waals surface area contributed by atoms with Gasteiger partial charge in [0.15, 0.2) is 22.5 Å². The molecule has 4 aromatic rings. The van der Waals surface area contributed by atoms with E-state index in [-0.39, 0.29) is 38.4 Å². The lowest BCUT2D eigenvalue weighted by Crippen LogP contribution is -2.80. The number of nitrogen functional groups attached to an aromatic ring is 1. The van der Waals surface area contributed by atoms with Crippen molar-refractivity contribution in [3.05, 3.63) is 75.0 Å². The van der Waals surface area contributed by atoms with Crippen molar-refractivity contribution in [2.24, 2.45) is 0 Å². The molecule has 6 rings (SSSR count). The highest BCUT2D eigenvalue weighted by Gasteiger charge is 2.65. The fourth-order valence-corrected chi connectivity index (χ4v) is 7.38. The second-order valence-corrected chi connectivity index (χ2v) is 12.0. The number of fused-ring (bicyclic) bond motifs is 2. The molecule has 3 atom stereocenters. The zero-order valence-electron chi connectivity index (χ0n) is 22.5. The molecule has 19 heteroatoms. The minimum atomic E-state index is -1.86. The van der Waals surface area contributed by atoms with Crippen molar-refractivity contribution in [3.63, 3.8) is 0 Å². The summed E-state index contributed by atoms with van der Waals surface area (Å²) >= 11 is 7.29. The number of nitrogens with two attached hydrogens (primary N) is 1.